The number of hydrogen-bond donors (Lipinski definition) is 4. The van der Waals surface area contributed by atoms with Gasteiger partial charge in [-0.2, -0.15) is 0 Å². The van der Waals surface area contributed by atoms with Crippen molar-refractivity contribution in [2.45, 2.75) is 71.7 Å². The molecule has 5 N–H and O–H groups in total. The zero-order valence-electron chi connectivity index (χ0n) is 21.6. The molecule has 1 aliphatic heterocycles. The Morgan fingerprint density at radius 3 is 2.31 bits per heavy atom. The molecule has 11 nitrogen and oxygen atoms in total. The quantitative estimate of drug-likeness (QED) is 0.172. The van der Waals surface area contributed by atoms with Gasteiger partial charge in [-0.25, -0.2) is 4.79 Å². The number of amides is 6. The van der Waals surface area contributed by atoms with Crippen molar-refractivity contribution >= 4 is 35.4 Å². The zero-order valence-corrected chi connectivity index (χ0v) is 20.6. The van der Waals surface area contributed by atoms with Crippen LogP contribution in [-0.2, 0) is 24.0 Å². The number of imide groups is 1. The maximum absolute atomic E-state index is 13.0. The number of carbonyl (C=O) groups is 6. The smallest absolute Gasteiger partial charge is 0.312 e. The van der Waals surface area contributed by atoms with Crippen LogP contribution in [0.2, 0.25) is 0 Å². The van der Waals surface area contributed by atoms with E-state index in [1.54, 1.807) is 0 Å². The summed E-state index contributed by atoms with van der Waals surface area (Å²) in [5.41, 5.74) is 5.05. The first-order chi connectivity index (χ1) is 17.1. The van der Waals surface area contributed by atoms with Crippen molar-refractivity contribution < 1.29 is 30.1 Å². The van der Waals surface area contributed by atoms with Crippen molar-refractivity contribution in [2.24, 2.45) is 17.6 Å². The Morgan fingerprint density at radius 1 is 1.03 bits per heavy atom. The highest BCUT2D eigenvalue weighted by molar-refractivity contribution is 6.12. The van der Waals surface area contributed by atoms with Crippen LogP contribution >= 0.6 is 0 Å². The average Bonchev–Trinajstić information content (AvgIpc) is 3.14. The largest absolute Gasteiger partial charge is 0.356 e. The maximum atomic E-state index is 13.0. The number of urea groups is 1. The molecule has 0 spiro atoms. The third-order valence-corrected chi connectivity index (χ3v) is 5.66. The first-order valence-electron chi connectivity index (χ1n) is 12.7. The molecule has 6 amide bonds. The molecule has 0 bridgehead atoms. The Balaban J connectivity index is 2.54. The normalized spacial score (nSPS) is 15.1. The van der Waals surface area contributed by atoms with Crippen LogP contribution in [0.15, 0.2) is 12.2 Å². The average molecular weight is 495 g/mol. The molecule has 0 aromatic heterocycles. The van der Waals surface area contributed by atoms with E-state index < -0.39 is 18.0 Å². The van der Waals surface area contributed by atoms with Crippen LogP contribution in [0.3, 0.4) is 0 Å². The van der Waals surface area contributed by atoms with Crippen LogP contribution in [0.4, 0.5) is 4.79 Å². The van der Waals surface area contributed by atoms with Gasteiger partial charge in [-0.3, -0.25) is 28.9 Å². The van der Waals surface area contributed by atoms with Crippen LogP contribution in [0, 0.1) is 11.8 Å². The molecule has 196 valence electrons. The molecular formula is C24H39N5O6. The van der Waals surface area contributed by atoms with Crippen LogP contribution < -0.4 is 21.7 Å². The first kappa shape index (κ1) is 28.0. The van der Waals surface area contributed by atoms with E-state index in [4.69, 9.17) is 7.10 Å². The van der Waals surface area contributed by atoms with Crippen molar-refractivity contribution in [3.63, 3.8) is 0 Å². The topological polar surface area (TPSA) is 168 Å². The maximum Gasteiger partial charge on any atom is 0.312 e. The van der Waals surface area contributed by atoms with E-state index >= 15 is 0 Å². The highest BCUT2D eigenvalue weighted by Gasteiger charge is 2.29. The number of nitrogens with zero attached hydrogens (tertiary/aromatic N) is 1. The van der Waals surface area contributed by atoms with Crippen molar-refractivity contribution in [3.05, 3.63) is 12.2 Å². The number of nitrogens with one attached hydrogen (secondary N) is 3. The third-order valence-electron chi connectivity index (χ3n) is 5.66. The Labute approximate surface area is 208 Å². The summed E-state index contributed by atoms with van der Waals surface area (Å²) < 4.78 is 7.21. The second kappa shape index (κ2) is 15.6. The Morgan fingerprint density at radius 2 is 1.71 bits per heavy atom. The summed E-state index contributed by atoms with van der Waals surface area (Å²) in [6, 6.07) is -1.42. The van der Waals surface area contributed by atoms with Crippen LogP contribution in [-0.4, -0.2) is 66.0 Å². The predicted molar refractivity (Wildman–Crippen MR) is 130 cm³/mol. The monoisotopic (exact) mass is 494 g/mol. The second-order valence-corrected chi connectivity index (χ2v) is 8.85. The number of primary amides is 1. The van der Waals surface area contributed by atoms with Gasteiger partial charge < -0.3 is 21.7 Å². The summed E-state index contributed by atoms with van der Waals surface area (Å²) in [4.78, 5) is 73.1. The molecule has 1 aliphatic rings. The molecule has 0 radical (unpaired) electrons. The highest BCUT2D eigenvalue weighted by atomic mass is 16.2. The minimum atomic E-state index is -0.751. The standard InChI is InChI=1S/C24H39N5O6/c1-4-26-23(34)17(9-8-13-27-24(25)35)15-18(30)22(16(2)3)28-19(31)10-6-5-7-14-29-20(32)11-12-21(29)33/h11-12,16-17,22H,4-10,13-15H2,1-3H3,(H,26,34)(H,28,31)(H3,25,27,35)/t17?,22-/m0/s1/i1D. The lowest BCUT2D eigenvalue weighted by Crippen LogP contribution is -2.46. The van der Waals surface area contributed by atoms with Crippen LogP contribution in [0.5, 0.6) is 0 Å². The molecule has 0 saturated carbocycles. The van der Waals surface area contributed by atoms with Gasteiger partial charge in [0.15, 0.2) is 5.78 Å². The minimum Gasteiger partial charge on any atom is -0.356 e. The van der Waals surface area contributed by atoms with Crippen molar-refractivity contribution in [3.8, 4) is 0 Å². The van der Waals surface area contributed by atoms with E-state index in [1.165, 1.54) is 12.2 Å². The number of hydrogen-bond acceptors (Lipinski definition) is 6. The Bertz CT molecular complexity index is 814. The van der Waals surface area contributed by atoms with E-state index in [9.17, 15) is 28.8 Å². The summed E-state index contributed by atoms with van der Waals surface area (Å²) in [5, 5.41) is 7.86. The third kappa shape index (κ3) is 11.2. The van der Waals surface area contributed by atoms with Gasteiger partial charge in [-0.05, 0) is 38.5 Å². The SMILES string of the molecule is [2H]CCNC(=O)C(CCCNC(N)=O)CC(=O)[C@@H](NC(=O)CCCCCN1C(=O)C=CC1=O)C(C)C. The van der Waals surface area contributed by atoms with Crippen molar-refractivity contribution in [1.82, 2.24) is 20.9 Å². The number of rotatable bonds is 17. The van der Waals surface area contributed by atoms with Gasteiger partial charge in [0.25, 0.3) is 11.8 Å². The second-order valence-electron chi connectivity index (χ2n) is 8.85. The van der Waals surface area contributed by atoms with Gasteiger partial charge in [0.05, 0.1) is 6.04 Å². The molecule has 0 aliphatic carbocycles. The van der Waals surface area contributed by atoms with E-state index in [0.717, 1.165) is 4.90 Å². The van der Waals surface area contributed by atoms with Crippen molar-refractivity contribution in [1.29, 1.82) is 0 Å². The lowest BCUT2D eigenvalue weighted by molar-refractivity contribution is -0.137. The number of carbonyl (C=O) groups excluding carboxylic acids is 6. The summed E-state index contributed by atoms with van der Waals surface area (Å²) in [5.74, 6) is -2.37. The summed E-state index contributed by atoms with van der Waals surface area (Å²) in [6.07, 6.45) is 5.14. The van der Waals surface area contributed by atoms with E-state index in [-0.39, 0.29) is 68.2 Å². The molecule has 0 aromatic carbocycles. The number of nitrogens with two attached hydrogens (primary N) is 1. The van der Waals surface area contributed by atoms with Gasteiger partial charge in [0, 0.05) is 51.9 Å². The molecular weight excluding hydrogens is 454 g/mol. The summed E-state index contributed by atoms with van der Waals surface area (Å²) in [6.45, 7) is 4.39. The Hall–Kier alpha value is -3.24. The van der Waals surface area contributed by atoms with Gasteiger partial charge in [0.1, 0.15) is 0 Å². The number of ketones is 1. The zero-order chi connectivity index (χ0) is 27.1. The van der Waals surface area contributed by atoms with E-state index in [0.29, 0.717) is 38.6 Å². The fourth-order valence-electron chi connectivity index (χ4n) is 3.77. The van der Waals surface area contributed by atoms with Crippen molar-refractivity contribution in [2.75, 3.05) is 19.6 Å². The van der Waals surface area contributed by atoms with Gasteiger partial charge in [0.2, 0.25) is 11.8 Å². The van der Waals surface area contributed by atoms with Crippen LogP contribution in [0.25, 0.3) is 0 Å². The fourth-order valence-corrected chi connectivity index (χ4v) is 3.77. The molecule has 2 atom stereocenters. The Kier molecular flexibility index (Phi) is 12.5. The molecule has 1 heterocycles. The first-order valence-corrected chi connectivity index (χ1v) is 12.0. The van der Waals surface area contributed by atoms with E-state index in [1.807, 2.05) is 13.8 Å². The fraction of sp³-hybridized carbons (Fsp3) is 0.667. The molecule has 0 saturated heterocycles. The molecule has 35 heavy (non-hydrogen) atoms. The summed E-state index contributed by atoms with van der Waals surface area (Å²) >= 11 is 0. The van der Waals surface area contributed by atoms with Gasteiger partial charge in [-0.1, -0.05) is 20.3 Å². The van der Waals surface area contributed by atoms with Crippen LogP contribution in [0.1, 0.15) is 67.1 Å². The molecule has 1 rings (SSSR count). The minimum absolute atomic E-state index is 0.0157. The summed E-state index contributed by atoms with van der Waals surface area (Å²) in [7, 11) is 0. The van der Waals surface area contributed by atoms with E-state index in [2.05, 4.69) is 16.0 Å². The molecule has 1 unspecified atom stereocenters. The molecule has 11 heteroatoms. The lowest BCUT2D eigenvalue weighted by atomic mass is 9.89. The lowest BCUT2D eigenvalue weighted by Gasteiger charge is -2.24. The van der Waals surface area contributed by atoms with Gasteiger partial charge >= 0.3 is 6.03 Å². The predicted octanol–water partition coefficient (Wildman–Crippen LogP) is 0.773. The number of unbranched alkanes of at least 4 members (excludes halogenated alkanes) is 2. The molecule has 0 aromatic rings. The van der Waals surface area contributed by atoms with Gasteiger partial charge in [-0.15, -0.1) is 0 Å². The number of Topliss-reactive ketones (excluding diaryl/α,β-unsaturated/α-hetero) is 1. The molecule has 0 fully saturated rings. The highest BCUT2D eigenvalue weighted by Crippen LogP contribution is 2.17.